The number of amides is 1. The number of hydrogen-bond acceptors (Lipinski definition) is 4. The van der Waals surface area contributed by atoms with Gasteiger partial charge in [-0.25, -0.2) is 0 Å². The average molecular weight is 440 g/mol. The van der Waals surface area contributed by atoms with Crippen molar-refractivity contribution < 1.29 is 19.1 Å². The van der Waals surface area contributed by atoms with Gasteiger partial charge in [0.25, 0.3) is 5.91 Å². The summed E-state index contributed by atoms with van der Waals surface area (Å²) < 4.78 is 6.10. The molecule has 0 bridgehead atoms. The van der Waals surface area contributed by atoms with E-state index in [1.54, 1.807) is 31.2 Å². The topological polar surface area (TPSA) is 70.8 Å². The van der Waals surface area contributed by atoms with Crippen molar-refractivity contribution in [2.24, 2.45) is 0 Å². The lowest BCUT2D eigenvalue weighted by atomic mass is 9.89. The SMILES string of the molecule is Cc1ccc(C(=O)C[C@]2(O)C(=O)N(Cc3ccccc3)c3ccc(Br)cc32)o1. The molecule has 1 aromatic heterocycles. The summed E-state index contributed by atoms with van der Waals surface area (Å²) in [6.45, 7) is 2.05. The van der Waals surface area contributed by atoms with Crippen LogP contribution in [-0.4, -0.2) is 16.8 Å². The van der Waals surface area contributed by atoms with Gasteiger partial charge in [-0.3, -0.25) is 9.59 Å². The quantitative estimate of drug-likeness (QED) is 0.599. The zero-order chi connectivity index (χ0) is 19.9. The molecule has 0 unspecified atom stereocenters. The number of furan rings is 1. The number of carbonyl (C=O) groups excluding carboxylic acids is 2. The molecule has 0 spiro atoms. The first-order valence-electron chi connectivity index (χ1n) is 8.86. The van der Waals surface area contributed by atoms with Crippen LogP contribution in [0.3, 0.4) is 0 Å². The van der Waals surface area contributed by atoms with Gasteiger partial charge in [0, 0.05) is 10.0 Å². The summed E-state index contributed by atoms with van der Waals surface area (Å²) >= 11 is 3.39. The molecule has 0 fully saturated rings. The minimum atomic E-state index is -1.94. The standard InChI is InChI=1S/C22H18BrNO4/c1-14-7-10-20(28-14)19(25)12-22(27)17-11-16(23)8-9-18(17)24(21(22)26)13-15-5-3-2-4-6-15/h2-11,27H,12-13H2,1H3/t22-/m1/s1. The molecule has 28 heavy (non-hydrogen) atoms. The Kier molecular flexibility index (Phi) is 4.69. The van der Waals surface area contributed by atoms with E-state index >= 15 is 0 Å². The largest absolute Gasteiger partial charge is 0.458 e. The van der Waals surface area contributed by atoms with Crippen LogP contribution >= 0.6 is 15.9 Å². The van der Waals surface area contributed by atoms with Gasteiger partial charge in [-0.05, 0) is 42.8 Å². The predicted octanol–water partition coefficient (Wildman–Crippen LogP) is 4.36. The second-order valence-corrected chi connectivity index (χ2v) is 7.82. The van der Waals surface area contributed by atoms with E-state index < -0.39 is 17.3 Å². The minimum Gasteiger partial charge on any atom is -0.458 e. The maximum absolute atomic E-state index is 13.2. The molecule has 3 aromatic rings. The summed E-state index contributed by atoms with van der Waals surface area (Å²) in [5.41, 5.74) is 0.00967. The number of rotatable bonds is 5. The number of anilines is 1. The number of aryl methyl sites for hydroxylation is 1. The van der Waals surface area contributed by atoms with Crippen LogP contribution in [0.25, 0.3) is 0 Å². The highest BCUT2D eigenvalue weighted by molar-refractivity contribution is 9.10. The van der Waals surface area contributed by atoms with Crippen LogP contribution in [0.1, 0.15) is 33.9 Å². The van der Waals surface area contributed by atoms with Crippen LogP contribution in [0.2, 0.25) is 0 Å². The van der Waals surface area contributed by atoms with Crippen LogP contribution in [0.4, 0.5) is 5.69 Å². The van der Waals surface area contributed by atoms with E-state index in [4.69, 9.17) is 4.42 Å². The van der Waals surface area contributed by atoms with E-state index in [1.807, 2.05) is 36.4 Å². The Bertz CT molecular complexity index is 1060. The first-order chi connectivity index (χ1) is 13.4. The summed E-state index contributed by atoms with van der Waals surface area (Å²) in [7, 11) is 0. The number of fused-ring (bicyclic) bond motifs is 1. The third kappa shape index (κ3) is 3.19. The number of nitrogens with zero attached hydrogens (tertiary/aromatic N) is 1. The summed E-state index contributed by atoms with van der Waals surface area (Å²) in [4.78, 5) is 27.5. The molecule has 5 nitrogen and oxygen atoms in total. The number of benzene rings is 2. The molecule has 1 amide bonds. The van der Waals surface area contributed by atoms with Gasteiger partial charge in [0.2, 0.25) is 5.78 Å². The van der Waals surface area contributed by atoms with Gasteiger partial charge in [0.15, 0.2) is 11.4 Å². The number of carbonyl (C=O) groups is 2. The van der Waals surface area contributed by atoms with Crippen LogP contribution in [-0.2, 0) is 16.9 Å². The van der Waals surface area contributed by atoms with Gasteiger partial charge < -0.3 is 14.4 Å². The van der Waals surface area contributed by atoms with Gasteiger partial charge in [-0.15, -0.1) is 0 Å². The molecule has 4 rings (SSSR count). The lowest BCUT2D eigenvalue weighted by Crippen LogP contribution is -2.41. The third-order valence-corrected chi connectivity index (χ3v) is 5.40. The zero-order valence-electron chi connectivity index (χ0n) is 15.2. The summed E-state index contributed by atoms with van der Waals surface area (Å²) in [6, 6.07) is 18.1. The van der Waals surface area contributed by atoms with Crippen molar-refractivity contribution in [1.29, 1.82) is 0 Å². The Hall–Kier alpha value is -2.70. The van der Waals surface area contributed by atoms with Gasteiger partial charge in [-0.1, -0.05) is 46.3 Å². The first-order valence-corrected chi connectivity index (χ1v) is 9.66. The molecule has 0 saturated heterocycles. The van der Waals surface area contributed by atoms with Crippen molar-refractivity contribution in [2.75, 3.05) is 4.90 Å². The third-order valence-electron chi connectivity index (χ3n) is 4.91. The normalized spacial score (nSPS) is 18.4. The molecule has 6 heteroatoms. The zero-order valence-corrected chi connectivity index (χ0v) is 16.8. The Morgan fingerprint density at radius 1 is 1.14 bits per heavy atom. The average Bonchev–Trinajstić information content (AvgIpc) is 3.19. The minimum absolute atomic E-state index is 0.136. The highest BCUT2D eigenvalue weighted by atomic mass is 79.9. The van der Waals surface area contributed by atoms with Gasteiger partial charge in [0.05, 0.1) is 18.7 Å². The van der Waals surface area contributed by atoms with Crippen molar-refractivity contribution in [1.82, 2.24) is 0 Å². The van der Waals surface area contributed by atoms with Gasteiger partial charge in [0.1, 0.15) is 5.76 Å². The van der Waals surface area contributed by atoms with E-state index in [1.165, 1.54) is 4.90 Å². The highest BCUT2D eigenvalue weighted by Crippen LogP contribution is 2.44. The second-order valence-electron chi connectivity index (χ2n) is 6.91. The smallest absolute Gasteiger partial charge is 0.264 e. The van der Waals surface area contributed by atoms with Crippen LogP contribution in [0.15, 0.2) is 69.6 Å². The second kappa shape index (κ2) is 7.04. The lowest BCUT2D eigenvalue weighted by Gasteiger charge is -2.22. The van der Waals surface area contributed by atoms with Crippen molar-refractivity contribution in [3.8, 4) is 0 Å². The molecule has 1 aliphatic rings. The number of halogens is 1. The Balaban J connectivity index is 1.72. The van der Waals surface area contributed by atoms with Gasteiger partial charge in [-0.2, -0.15) is 0 Å². The number of ketones is 1. The molecule has 2 aromatic carbocycles. The van der Waals surface area contributed by atoms with E-state index in [9.17, 15) is 14.7 Å². The maximum Gasteiger partial charge on any atom is 0.264 e. The summed E-state index contributed by atoms with van der Waals surface area (Å²) in [5, 5.41) is 11.3. The number of aliphatic hydroxyl groups is 1. The molecule has 1 aliphatic heterocycles. The van der Waals surface area contributed by atoms with E-state index in [0.29, 0.717) is 23.6 Å². The Labute approximate surface area is 170 Å². The molecule has 0 radical (unpaired) electrons. The maximum atomic E-state index is 13.2. The van der Waals surface area contributed by atoms with Crippen LogP contribution in [0.5, 0.6) is 0 Å². The van der Waals surface area contributed by atoms with Gasteiger partial charge >= 0.3 is 0 Å². The number of hydrogen-bond donors (Lipinski definition) is 1. The van der Waals surface area contributed by atoms with E-state index in [2.05, 4.69) is 15.9 Å². The molecule has 2 heterocycles. The lowest BCUT2D eigenvalue weighted by molar-refractivity contribution is -0.136. The Morgan fingerprint density at radius 3 is 2.57 bits per heavy atom. The molecule has 1 N–H and O–H groups in total. The fourth-order valence-corrected chi connectivity index (χ4v) is 3.88. The fraction of sp³-hybridized carbons (Fsp3) is 0.182. The first kappa shape index (κ1) is 18.7. The fourth-order valence-electron chi connectivity index (χ4n) is 3.52. The molecule has 0 aliphatic carbocycles. The van der Waals surface area contributed by atoms with Crippen LogP contribution in [0, 0.1) is 6.92 Å². The molecular formula is C22H18BrNO4. The molecule has 142 valence electrons. The van der Waals surface area contributed by atoms with Crippen LogP contribution < -0.4 is 4.90 Å². The van der Waals surface area contributed by atoms with Crippen molar-refractivity contribution in [3.63, 3.8) is 0 Å². The summed E-state index contributed by atoms with van der Waals surface area (Å²) in [6.07, 6.45) is -0.381. The number of Topliss-reactive ketones (excluding diaryl/α,β-unsaturated/α-hetero) is 1. The molecule has 1 atom stereocenters. The predicted molar refractivity (Wildman–Crippen MR) is 108 cm³/mol. The molecular weight excluding hydrogens is 422 g/mol. The molecule has 0 saturated carbocycles. The van der Waals surface area contributed by atoms with E-state index in [0.717, 1.165) is 10.0 Å². The van der Waals surface area contributed by atoms with Crippen molar-refractivity contribution in [2.45, 2.75) is 25.5 Å². The summed E-state index contributed by atoms with van der Waals surface area (Å²) in [5.74, 6) is -0.198. The van der Waals surface area contributed by atoms with Crippen molar-refractivity contribution >= 4 is 33.3 Å². The van der Waals surface area contributed by atoms with E-state index in [-0.39, 0.29) is 12.2 Å². The monoisotopic (exact) mass is 439 g/mol. The van der Waals surface area contributed by atoms with Crippen molar-refractivity contribution in [3.05, 3.63) is 87.8 Å². The Morgan fingerprint density at radius 2 is 1.89 bits per heavy atom. The highest BCUT2D eigenvalue weighted by Gasteiger charge is 2.51.